The zero-order valence-electron chi connectivity index (χ0n) is 9.44. The Morgan fingerprint density at radius 1 is 1.00 bits per heavy atom. The van der Waals surface area contributed by atoms with E-state index in [0.29, 0.717) is 0 Å². The van der Waals surface area contributed by atoms with Gasteiger partial charge in [-0.25, -0.2) is 0 Å². The molecule has 0 aliphatic carbocycles. The molecular formula is C13H16O3. The first-order valence-corrected chi connectivity index (χ1v) is 5.76. The number of benzene rings is 1. The van der Waals surface area contributed by atoms with Gasteiger partial charge in [0.1, 0.15) is 0 Å². The van der Waals surface area contributed by atoms with Crippen molar-refractivity contribution in [3.8, 4) is 0 Å². The topological polar surface area (TPSA) is 27.7 Å². The molecule has 3 saturated heterocycles. The van der Waals surface area contributed by atoms with Gasteiger partial charge in [-0.2, -0.15) is 0 Å². The summed E-state index contributed by atoms with van der Waals surface area (Å²) in [7, 11) is 0. The fourth-order valence-electron chi connectivity index (χ4n) is 2.19. The van der Waals surface area contributed by atoms with Gasteiger partial charge in [-0.15, -0.1) is 0 Å². The number of hydrogen-bond donors (Lipinski definition) is 0. The molecule has 3 heteroatoms. The van der Waals surface area contributed by atoms with Crippen molar-refractivity contribution < 1.29 is 14.2 Å². The smallest absolute Gasteiger partial charge is 0.312 e. The van der Waals surface area contributed by atoms with Crippen molar-refractivity contribution in [2.24, 2.45) is 5.41 Å². The van der Waals surface area contributed by atoms with Gasteiger partial charge >= 0.3 is 5.97 Å². The maximum Gasteiger partial charge on any atom is 0.312 e. The molecule has 0 atom stereocenters. The third kappa shape index (κ3) is 1.39. The van der Waals surface area contributed by atoms with Crippen molar-refractivity contribution in [1.29, 1.82) is 0 Å². The van der Waals surface area contributed by atoms with Gasteiger partial charge in [0.15, 0.2) is 0 Å². The fraction of sp³-hybridized carbons (Fsp3) is 0.538. The second kappa shape index (κ2) is 3.55. The van der Waals surface area contributed by atoms with Gasteiger partial charge in [0, 0.05) is 11.0 Å². The quantitative estimate of drug-likeness (QED) is 0.765. The summed E-state index contributed by atoms with van der Waals surface area (Å²) in [5.41, 5.74) is 1.01. The average Bonchev–Trinajstić information content (AvgIpc) is 2.42. The lowest BCUT2D eigenvalue weighted by Crippen LogP contribution is -2.58. The summed E-state index contributed by atoms with van der Waals surface area (Å²) >= 11 is 0. The Morgan fingerprint density at radius 3 is 2.06 bits per heavy atom. The summed E-state index contributed by atoms with van der Waals surface area (Å²) in [6.07, 6.45) is 1.03. The molecule has 16 heavy (non-hydrogen) atoms. The fourth-order valence-corrected chi connectivity index (χ4v) is 2.19. The van der Waals surface area contributed by atoms with E-state index in [9.17, 15) is 0 Å². The second-order valence-corrected chi connectivity index (χ2v) is 4.64. The summed E-state index contributed by atoms with van der Waals surface area (Å²) in [5.74, 6) is -0.946. The molecule has 0 spiro atoms. The van der Waals surface area contributed by atoms with E-state index in [4.69, 9.17) is 14.2 Å². The van der Waals surface area contributed by atoms with Crippen LogP contribution in [0.2, 0.25) is 0 Å². The van der Waals surface area contributed by atoms with Gasteiger partial charge in [-0.3, -0.25) is 0 Å². The molecule has 86 valence electrons. The summed E-state index contributed by atoms with van der Waals surface area (Å²) in [6, 6.07) is 9.86. The molecule has 0 N–H and O–H groups in total. The standard InChI is InChI=1S/C13H16O3/c1-2-12-8-14-13(15-9-12,16-10-12)11-6-4-3-5-7-11/h3-7H,2,8-10H2,1H3. The molecule has 3 fully saturated rings. The van der Waals surface area contributed by atoms with E-state index in [0.717, 1.165) is 31.8 Å². The van der Waals surface area contributed by atoms with Crippen molar-refractivity contribution >= 4 is 0 Å². The van der Waals surface area contributed by atoms with Crippen LogP contribution in [0.25, 0.3) is 0 Å². The minimum atomic E-state index is -0.946. The highest BCUT2D eigenvalue weighted by molar-refractivity contribution is 5.19. The van der Waals surface area contributed by atoms with Gasteiger partial charge in [0.05, 0.1) is 19.8 Å². The first-order chi connectivity index (χ1) is 7.79. The molecule has 3 nitrogen and oxygen atoms in total. The van der Waals surface area contributed by atoms with Crippen LogP contribution in [-0.4, -0.2) is 19.8 Å². The molecule has 3 aliphatic heterocycles. The Hall–Kier alpha value is -0.900. The van der Waals surface area contributed by atoms with Crippen LogP contribution < -0.4 is 0 Å². The zero-order valence-corrected chi connectivity index (χ0v) is 9.44. The molecule has 4 rings (SSSR count). The molecule has 1 aromatic rings. The molecule has 0 unspecified atom stereocenters. The molecule has 3 heterocycles. The number of fused-ring (bicyclic) bond motifs is 3. The van der Waals surface area contributed by atoms with E-state index in [1.165, 1.54) is 0 Å². The molecule has 0 radical (unpaired) electrons. The van der Waals surface area contributed by atoms with E-state index >= 15 is 0 Å². The van der Waals surface area contributed by atoms with E-state index in [-0.39, 0.29) is 5.41 Å². The first-order valence-electron chi connectivity index (χ1n) is 5.76. The molecule has 0 amide bonds. The summed E-state index contributed by atoms with van der Waals surface area (Å²) in [4.78, 5) is 0. The zero-order chi connectivity index (χ0) is 11.1. The summed E-state index contributed by atoms with van der Waals surface area (Å²) < 4.78 is 17.4. The van der Waals surface area contributed by atoms with Crippen LogP contribution in [0.15, 0.2) is 30.3 Å². The number of hydrogen-bond acceptors (Lipinski definition) is 3. The van der Waals surface area contributed by atoms with Crippen molar-refractivity contribution in [3.05, 3.63) is 35.9 Å². The minimum Gasteiger partial charge on any atom is -0.323 e. The summed E-state index contributed by atoms with van der Waals surface area (Å²) in [5, 5.41) is 0. The highest BCUT2D eigenvalue weighted by Gasteiger charge is 2.52. The third-order valence-corrected chi connectivity index (χ3v) is 3.58. The van der Waals surface area contributed by atoms with Gasteiger partial charge in [0.2, 0.25) is 0 Å². The van der Waals surface area contributed by atoms with Crippen molar-refractivity contribution in [1.82, 2.24) is 0 Å². The number of ether oxygens (including phenoxy) is 3. The van der Waals surface area contributed by atoms with Crippen molar-refractivity contribution in [3.63, 3.8) is 0 Å². The Kier molecular flexibility index (Phi) is 2.28. The average molecular weight is 220 g/mol. The Bertz CT molecular complexity index is 349. The maximum atomic E-state index is 5.80. The minimum absolute atomic E-state index is 0.0660. The number of rotatable bonds is 2. The third-order valence-electron chi connectivity index (χ3n) is 3.58. The molecule has 0 aromatic heterocycles. The van der Waals surface area contributed by atoms with Crippen LogP contribution in [-0.2, 0) is 20.2 Å². The van der Waals surface area contributed by atoms with E-state index < -0.39 is 5.97 Å². The lowest BCUT2D eigenvalue weighted by atomic mass is 9.85. The van der Waals surface area contributed by atoms with Crippen LogP contribution in [0.5, 0.6) is 0 Å². The lowest BCUT2D eigenvalue weighted by molar-refractivity contribution is -0.480. The second-order valence-electron chi connectivity index (χ2n) is 4.64. The van der Waals surface area contributed by atoms with Crippen LogP contribution >= 0.6 is 0 Å². The Morgan fingerprint density at radius 2 is 1.56 bits per heavy atom. The SMILES string of the molecule is CCC12COC(c3ccccc3)(OC1)OC2. The molecular weight excluding hydrogens is 204 g/mol. The maximum absolute atomic E-state index is 5.80. The normalized spacial score (nSPS) is 37.6. The molecule has 3 aliphatic rings. The first kappa shape index (κ1) is 10.3. The Labute approximate surface area is 95.3 Å². The Balaban J connectivity index is 1.89. The van der Waals surface area contributed by atoms with E-state index in [1.807, 2.05) is 30.3 Å². The monoisotopic (exact) mass is 220 g/mol. The predicted molar refractivity (Wildman–Crippen MR) is 58.7 cm³/mol. The van der Waals surface area contributed by atoms with Crippen LogP contribution in [0, 0.1) is 5.41 Å². The molecule has 2 bridgehead atoms. The summed E-state index contributed by atoms with van der Waals surface area (Å²) in [6.45, 7) is 4.31. The van der Waals surface area contributed by atoms with E-state index in [2.05, 4.69) is 6.92 Å². The highest BCUT2D eigenvalue weighted by atomic mass is 16.9. The van der Waals surface area contributed by atoms with Gasteiger partial charge in [-0.05, 0) is 6.42 Å². The predicted octanol–water partition coefficient (Wildman–Crippen LogP) is 2.27. The van der Waals surface area contributed by atoms with Crippen molar-refractivity contribution in [2.75, 3.05) is 19.8 Å². The van der Waals surface area contributed by atoms with Gasteiger partial charge < -0.3 is 14.2 Å². The van der Waals surface area contributed by atoms with Gasteiger partial charge in [0.25, 0.3) is 0 Å². The largest absolute Gasteiger partial charge is 0.323 e. The van der Waals surface area contributed by atoms with Gasteiger partial charge in [-0.1, -0.05) is 37.3 Å². The van der Waals surface area contributed by atoms with Crippen LogP contribution in [0.3, 0.4) is 0 Å². The van der Waals surface area contributed by atoms with Crippen molar-refractivity contribution in [2.45, 2.75) is 19.3 Å². The van der Waals surface area contributed by atoms with E-state index in [1.54, 1.807) is 0 Å². The molecule has 1 aromatic carbocycles. The lowest BCUT2D eigenvalue weighted by Gasteiger charge is -2.51. The van der Waals surface area contributed by atoms with Crippen LogP contribution in [0.4, 0.5) is 0 Å². The molecule has 0 saturated carbocycles. The van der Waals surface area contributed by atoms with Crippen LogP contribution in [0.1, 0.15) is 18.9 Å². The highest BCUT2D eigenvalue weighted by Crippen LogP contribution is 2.45.